The van der Waals surface area contributed by atoms with Crippen molar-refractivity contribution in [2.24, 2.45) is 0 Å². The van der Waals surface area contributed by atoms with Crippen LogP contribution in [0.3, 0.4) is 0 Å². The number of carbonyl (C=O) groups is 2. The van der Waals surface area contributed by atoms with Crippen LogP contribution in [0.5, 0.6) is 0 Å². The number of aryl methyl sites for hydroxylation is 1. The van der Waals surface area contributed by atoms with Gasteiger partial charge in [0.15, 0.2) is 5.78 Å². The summed E-state index contributed by atoms with van der Waals surface area (Å²) < 4.78 is 10.4. The Hall–Kier alpha value is -2.87. The highest BCUT2D eigenvalue weighted by molar-refractivity contribution is 8.00. The Morgan fingerprint density at radius 1 is 1.19 bits per heavy atom. The van der Waals surface area contributed by atoms with Crippen molar-refractivity contribution in [1.82, 2.24) is 15.2 Å². The van der Waals surface area contributed by atoms with Gasteiger partial charge in [0.2, 0.25) is 5.89 Å². The van der Waals surface area contributed by atoms with Gasteiger partial charge < -0.3 is 14.1 Å². The van der Waals surface area contributed by atoms with Crippen molar-refractivity contribution in [3.05, 3.63) is 52.8 Å². The predicted octanol–water partition coefficient (Wildman–Crippen LogP) is 3.83. The van der Waals surface area contributed by atoms with E-state index in [0.29, 0.717) is 33.6 Å². The number of nitrogens with zero attached hydrogens (tertiary/aromatic N) is 2. The Morgan fingerprint density at radius 2 is 1.89 bits per heavy atom. The number of hydrogen-bond acceptors (Lipinski definition) is 7. The Labute approximate surface area is 160 Å². The fourth-order valence-corrected chi connectivity index (χ4v) is 3.51. The summed E-state index contributed by atoms with van der Waals surface area (Å²) in [4.78, 5) is 27.7. The van der Waals surface area contributed by atoms with E-state index in [0.717, 1.165) is 5.56 Å². The minimum absolute atomic E-state index is 0.157. The third-order valence-corrected chi connectivity index (χ3v) is 5.08. The van der Waals surface area contributed by atoms with E-state index < -0.39 is 11.2 Å². The minimum atomic E-state index is -0.476. The quantitative estimate of drug-likeness (QED) is 0.391. The van der Waals surface area contributed by atoms with Gasteiger partial charge in [-0.1, -0.05) is 30.0 Å². The van der Waals surface area contributed by atoms with Gasteiger partial charge in [0.1, 0.15) is 0 Å². The fourth-order valence-electron chi connectivity index (χ4n) is 2.77. The first-order valence-electron chi connectivity index (χ1n) is 8.29. The molecule has 1 aromatic carbocycles. The molecular formula is C19H19N3O4S. The molecule has 0 unspecified atom stereocenters. The standard InChI is InChI=1S/C19H19N3O4S/c1-10-14(18(24)25-4)11(2)20-15(10)16(23)12(3)27-19-22-21-17(26-19)13-8-6-5-7-9-13/h5-9,12,20H,1-4H3/t12-/m1/s1. The second-order valence-corrected chi connectivity index (χ2v) is 7.27. The number of aromatic nitrogens is 3. The molecule has 0 fully saturated rings. The van der Waals surface area contributed by atoms with Gasteiger partial charge in [0.05, 0.1) is 23.6 Å². The number of ether oxygens (including phenoxy) is 1. The van der Waals surface area contributed by atoms with Crippen LogP contribution in [0.4, 0.5) is 0 Å². The van der Waals surface area contributed by atoms with Gasteiger partial charge in [-0.05, 0) is 38.5 Å². The van der Waals surface area contributed by atoms with Gasteiger partial charge >= 0.3 is 5.97 Å². The molecule has 1 N–H and O–H groups in total. The zero-order chi connectivity index (χ0) is 19.6. The molecule has 0 bridgehead atoms. The molecule has 140 valence electrons. The summed E-state index contributed by atoms with van der Waals surface area (Å²) in [5.74, 6) is -0.224. The molecule has 27 heavy (non-hydrogen) atoms. The molecule has 0 saturated carbocycles. The number of nitrogens with one attached hydrogen (secondary N) is 1. The number of methoxy groups -OCH3 is 1. The molecule has 8 heteroatoms. The van der Waals surface area contributed by atoms with E-state index in [2.05, 4.69) is 15.2 Å². The number of ketones is 1. The molecule has 1 atom stereocenters. The Balaban J connectivity index is 1.77. The summed E-state index contributed by atoms with van der Waals surface area (Å²) in [6.07, 6.45) is 0. The first-order valence-corrected chi connectivity index (χ1v) is 9.17. The summed E-state index contributed by atoms with van der Waals surface area (Å²) in [6, 6.07) is 9.41. The SMILES string of the molecule is COC(=O)c1c(C)[nH]c(C(=O)[C@@H](C)Sc2nnc(-c3ccccc3)o2)c1C. The normalized spacial score (nSPS) is 12.0. The van der Waals surface area contributed by atoms with Crippen molar-refractivity contribution in [2.75, 3.05) is 7.11 Å². The molecule has 0 spiro atoms. The number of aromatic amines is 1. The number of benzene rings is 1. The summed E-state index contributed by atoms with van der Waals surface area (Å²) in [6.45, 7) is 5.21. The maximum atomic E-state index is 12.8. The molecular weight excluding hydrogens is 366 g/mol. The van der Waals surface area contributed by atoms with Crippen LogP contribution in [0.25, 0.3) is 11.5 Å². The van der Waals surface area contributed by atoms with E-state index in [1.54, 1.807) is 20.8 Å². The average molecular weight is 385 g/mol. The Bertz CT molecular complexity index is 978. The van der Waals surface area contributed by atoms with E-state index in [1.807, 2.05) is 30.3 Å². The summed E-state index contributed by atoms with van der Waals surface area (Å²) in [5, 5.41) is 7.86. The topological polar surface area (TPSA) is 98.1 Å². The Kier molecular flexibility index (Phi) is 5.46. The lowest BCUT2D eigenvalue weighted by Crippen LogP contribution is -2.15. The third kappa shape index (κ3) is 3.80. The van der Waals surface area contributed by atoms with Gasteiger partial charge in [-0.3, -0.25) is 4.79 Å². The lowest BCUT2D eigenvalue weighted by molar-refractivity contribution is 0.0599. The number of esters is 1. The van der Waals surface area contributed by atoms with Gasteiger partial charge in [-0.2, -0.15) is 0 Å². The Morgan fingerprint density at radius 3 is 2.56 bits per heavy atom. The van der Waals surface area contributed by atoms with Crippen molar-refractivity contribution >= 4 is 23.5 Å². The highest BCUT2D eigenvalue weighted by Gasteiger charge is 2.27. The van der Waals surface area contributed by atoms with E-state index in [4.69, 9.17) is 9.15 Å². The molecule has 0 aliphatic heterocycles. The number of carbonyl (C=O) groups excluding carboxylic acids is 2. The monoisotopic (exact) mass is 385 g/mol. The number of H-pyrrole nitrogens is 1. The van der Waals surface area contributed by atoms with Crippen molar-refractivity contribution in [3.63, 3.8) is 0 Å². The largest absolute Gasteiger partial charge is 0.465 e. The van der Waals surface area contributed by atoms with Gasteiger partial charge in [0, 0.05) is 11.3 Å². The molecule has 0 saturated heterocycles. The molecule has 0 amide bonds. The molecule has 2 heterocycles. The summed E-state index contributed by atoms with van der Waals surface area (Å²) >= 11 is 1.17. The van der Waals surface area contributed by atoms with E-state index in [1.165, 1.54) is 18.9 Å². The molecule has 0 aliphatic carbocycles. The van der Waals surface area contributed by atoms with Crippen molar-refractivity contribution in [3.8, 4) is 11.5 Å². The smallest absolute Gasteiger partial charge is 0.339 e. The zero-order valence-corrected chi connectivity index (χ0v) is 16.2. The first kappa shape index (κ1) is 18.9. The molecule has 0 radical (unpaired) electrons. The second kappa shape index (κ2) is 7.79. The van der Waals surface area contributed by atoms with E-state index in [-0.39, 0.29) is 5.78 Å². The predicted molar refractivity (Wildman–Crippen MR) is 101 cm³/mol. The minimum Gasteiger partial charge on any atom is -0.465 e. The lowest BCUT2D eigenvalue weighted by atomic mass is 10.1. The third-order valence-electron chi connectivity index (χ3n) is 4.15. The lowest BCUT2D eigenvalue weighted by Gasteiger charge is -2.07. The van der Waals surface area contributed by atoms with Crippen molar-refractivity contribution in [1.29, 1.82) is 0 Å². The molecule has 3 rings (SSSR count). The second-order valence-electron chi connectivity index (χ2n) is 5.98. The maximum Gasteiger partial charge on any atom is 0.339 e. The molecule has 3 aromatic rings. The first-order chi connectivity index (χ1) is 12.9. The van der Waals surface area contributed by atoms with Crippen molar-refractivity contribution < 1.29 is 18.7 Å². The number of thioether (sulfide) groups is 1. The van der Waals surface area contributed by atoms with Crippen LogP contribution in [0, 0.1) is 13.8 Å². The highest BCUT2D eigenvalue weighted by atomic mass is 32.2. The van der Waals surface area contributed by atoms with Crippen LogP contribution in [-0.2, 0) is 4.74 Å². The fraction of sp³-hybridized carbons (Fsp3) is 0.263. The van der Waals surface area contributed by atoms with Crippen LogP contribution < -0.4 is 0 Å². The van der Waals surface area contributed by atoms with Crippen LogP contribution in [0.1, 0.15) is 39.0 Å². The van der Waals surface area contributed by atoms with Crippen LogP contribution in [-0.4, -0.2) is 39.3 Å². The van der Waals surface area contributed by atoms with Gasteiger partial charge in [-0.25, -0.2) is 4.79 Å². The number of Topliss-reactive ketones (excluding diaryl/α,β-unsaturated/α-hetero) is 1. The summed E-state index contributed by atoms with van der Waals surface area (Å²) in [5.41, 5.74) is 2.77. The number of rotatable bonds is 6. The molecule has 2 aromatic heterocycles. The van der Waals surface area contributed by atoms with Crippen LogP contribution in [0.2, 0.25) is 0 Å². The highest BCUT2D eigenvalue weighted by Crippen LogP contribution is 2.29. The molecule has 7 nitrogen and oxygen atoms in total. The van der Waals surface area contributed by atoms with Crippen LogP contribution >= 0.6 is 11.8 Å². The van der Waals surface area contributed by atoms with Crippen LogP contribution in [0.15, 0.2) is 40.0 Å². The average Bonchev–Trinajstić information content (AvgIpc) is 3.25. The van der Waals surface area contributed by atoms with E-state index in [9.17, 15) is 9.59 Å². The van der Waals surface area contributed by atoms with Crippen molar-refractivity contribution in [2.45, 2.75) is 31.2 Å². The summed E-state index contributed by atoms with van der Waals surface area (Å²) in [7, 11) is 1.31. The van der Waals surface area contributed by atoms with Gasteiger partial charge in [0.25, 0.3) is 5.22 Å². The maximum absolute atomic E-state index is 12.8. The van der Waals surface area contributed by atoms with Gasteiger partial charge in [-0.15, -0.1) is 10.2 Å². The van der Waals surface area contributed by atoms with E-state index >= 15 is 0 Å². The number of hydrogen-bond donors (Lipinski definition) is 1. The molecule has 0 aliphatic rings. The zero-order valence-electron chi connectivity index (χ0n) is 15.4.